The second-order valence-corrected chi connectivity index (χ2v) is 5.88. The molecule has 5 nitrogen and oxygen atoms in total. The van der Waals surface area contributed by atoms with Gasteiger partial charge in [-0.25, -0.2) is 4.79 Å². The lowest BCUT2D eigenvalue weighted by Gasteiger charge is -2.14. The number of cyclic esters (lactones) is 1. The molecule has 0 aliphatic carbocycles. The molecule has 0 bridgehead atoms. The third kappa shape index (κ3) is 4.63. The first-order chi connectivity index (χ1) is 10.6. The van der Waals surface area contributed by atoms with Crippen LogP contribution < -0.4 is 0 Å². The number of aliphatic hydroxyl groups excluding tert-OH is 1. The van der Waals surface area contributed by atoms with Crippen molar-refractivity contribution in [2.75, 3.05) is 6.61 Å². The fourth-order valence-corrected chi connectivity index (χ4v) is 2.84. The minimum absolute atomic E-state index is 0.0550. The van der Waals surface area contributed by atoms with Crippen molar-refractivity contribution in [1.82, 2.24) is 0 Å². The Morgan fingerprint density at radius 1 is 1.00 bits per heavy atom. The molecule has 2 rings (SSSR count). The topological polar surface area (TPSA) is 87.0 Å². The van der Waals surface area contributed by atoms with E-state index in [0.29, 0.717) is 18.4 Å². The molecule has 0 radical (unpaired) electrons. The minimum Gasteiger partial charge on any atom is -0.508 e. The summed E-state index contributed by atoms with van der Waals surface area (Å²) in [6.07, 6.45) is 6.02. The summed E-state index contributed by atoms with van der Waals surface area (Å²) >= 11 is 0. The highest BCUT2D eigenvalue weighted by atomic mass is 16.5. The first-order valence-corrected chi connectivity index (χ1v) is 7.98. The Morgan fingerprint density at radius 2 is 1.73 bits per heavy atom. The van der Waals surface area contributed by atoms with Crippen LogP contribution in [-0.2, 0) is 11.2 Å². The summed E-state index contributed by atoms with van der Waals surface area (Å²) in [7, 11) is 0. The number of fused-ring (bicyclic) bond motifs is 1. The van der Waals surface area contributed by atoms with Gasteiger partial charge in [0.1, 0.15) is 17.1 Å². The van der Waals surface area contributed by atoms with Crippen molar-refractivity contribution in [2.24, 2.45) is 0 Å². The van der Waals surface area contributed by atoms with Crippen molar-refractivity contribution in [3.05, 3.63) is 23.3 Å². The number of aryl methyl sites for hydroxylation is 1. The van der Waals surface area contributed by atoms with Crippen LogP contribution >= 0.6 is 0 Å². The molecular weight excluding hydrogens is 284 g/mol. The fourth-order valence-electron chi connectivity index (χ4n) is 2.84. The van der Waals surface area contributed by atoms with Crippen LogP contribution in [-0.4, -0.2) is 34.0 Å². The zero-order valence-electron chi connectivity index (χ0n) is 12.8. The maximum absolute atomic E-state index is 12.2. The van der Waals surface area contributed by atoms with Gasteiger partial charge in [-0.05, 0) is 50.2 Å². The smallest absolute Gasteiger partial charge is 0.342 e. The normalized spacial score (nSPS) is 21.5. The minimum atomic E-state index is -0.551. The van der Waals surface area contributed by atoms with Gasteiger partial charge in [-0.2, -0.15) is 0 Å². The summed E-state index contributed by atoms with van der Waals surface area (Å²) in [5.74, 6) is -0.840. The van der Waals surface area contributed by atoms with Gasteiger partial charge in [-0.3, -0.25) is 0 Å². The number of carbonyl (C=O) groups excluding carboxylic acids is 1. The molecule has 0 unspecified atom stereocenters. The van der Waals surface area contributed by atoms with Crippen molar-refractivity contribution >= 4 is 5.97 Å². The van der Waals surface area contributed by atoms with Gasteiger partial charge in [0.25, 0.3) is 0 Å². The van der Waals surface area contributed by atoms with Gasteiger partial charge < -0.3 is 20.1 Å². The Bertz CT molecular complexity index is 512. The number of aliphatic hydroxyl groups is 1. The Morgan fingerprint density at radius 3 is 2.50 bits per heavy atom. The van der Waals surface area contributed by atoms with E-state index in [0.717, 1.165) is 38.5 Å². The number of benzene rings is 1. The van der Waals surface area contributed by atoms with E-state index in [1.807, 2.05) is 0 Å². The van der Waals surface area contributed by atoms with E-state index in [4.69, 9.17) is 4.74 Å². The molecule has 1 aliphatic heterocycles. The number of carbonyl (C=O) groups is 1. The van der Waals surface area contributed by atoms with Gasteiger partial charge in [0, 0.05) is 6.07 Å². The summed E-state index contributed by atoms with van der Waals surface area (Å²) in [5, 5.41) is 29.4. The first-order valence-electron chi connectivity index (χ1n) is 7.98. The SMILES string of the molecule is O=C1OCCCC[C@@H](O)CCCCCc2cc(O)cc(O)c21. The molecule has 122 valence electrons. The number of phenols is 2. The van der Waals surface area contributed by atoms with Crippen LogP contribution in [0.25, 0.3) is 0 Å². The molecule has 1 atom stereocenters. The lowest BCUT2D eigenvalue weighted by molar-refractivity contribution is 0.0487. The third-order valence-corrected chi connectivity index (χ3v) is 4.04. The summed E-state index contributed by atoms with van der Waals surface area (Å²) in [5.41, 5.74) is 0.773. The van der Waals surface area contributed by atoms with Gasteiger partial charge >= 0.3 is 5.97 Å². The molecule has 0 aromatic heterocycles. The predicted octanol–water partition coefficient (Wildman–Crippen LogP) is 2.90. The van der Waals surface area contributed by atoms with Gasteiger partial charge in [-0.15, -0.1) is 0 Å². The van der Waals surface area contributed by atoms with Crippen molar-refractivity contribution in [3.63, 3.8) is 0 Å². The average molecular weight is 308 g/mol. The second kappa shape index (κ2) is 8.03. The zero-order chi connectivity index (χ0) is 15.9. The maximum atomic E-state index is 12.2. The summed E-state index contributed by atoms with van der Waals surface area (Å²) in [4.78, 5) is 12.2. The van der Waals surface area contributed by atoms with Gasteiger partial charge in [0.15, 0.2) is 0 Å². The number of esters is 1. The fraction of sp³-hybridized carbons (Fsp3) is 0.588. The summed E-state index contributed by atoms with van der Waals surface area (Å²) in [6.45, 7) is 0.269. The highest BCUT2D eigenvalue weighted by Crippen LogP contribution is 2.29. The molecule has 3 N–H and O–H groups in total. The van der Waals surface area contributed by atoms with E-state index in [-0.39, 0.29) is 29.8 Å². The highest BCUT2D eigenvalue weighted by molar-refractivity contribution is 5.94. The Labute approximate surface area is 130 Å². The average Bonchev–Trinajstić information content (AvgIpc) is 2.45. The lowest BCUT2D eigenvalue weighted by Crippen LogP contribution is -2.12. The molecule has 22 heavy (non-hydrogen) atoms. The number of phenolic OH excluding ortho intramolecular Hbond substituents is 2. The lowest BCUT2D eigenvalue weighted by atomic mass is 9.98. The van der Waals surface area contributed by atoms with Crippen LogP contribution in [0, 0.1) is 0 Å². The molecule has 0 amide bonds. The number of hydrogen-bond donors (Lipinski definition) is 3. The second-order valence-electron chi connectivity index (χ2n) is 5.88. The largest absolute Gasteiger partial charge is 0.508 e. The predicted molar refractivity (Wildman–Crippen MR) is 82.1 cm³/mol. The van der Waals surface area contributed by atoms with E-state index in [1.165, 1.54) is 12.1 Å². The van der Waals surface area contributed by atoms with Crippen LogP contribution in [0.5, 0.6) is 11.5 Å². The van der Waals surface area contributed by atoms with Gasteiger partial charge in [0.05, 0.1) is 12.7 Å². The zero-order valence-corrected chi connectivity index (χ0v) is 12.8. The van der Waals surface area contributed by atoms with Crippen molar-refractivity contribution in [3.8, 4) is 11.5 Å². The van der Waals surface area contributed by atoms with Gasteiger partial charge in [-0.1, -0.05) is 12.8 Å². The quantitative estimate of drug-likeness (QED) is 0.641. The molecule has 0 spiro atoms. The van der Waals surface area contributed by atoms with E-state index < -0.39 is 5.97 Å². The number of hydrogen-bond acceptors (Lipinski definition) is 5. The van der Waals surface area contributed by atoms with E-state index in [2.05, 4.69) is 0 Å². The Kier molecular flexibility index (Phi) is 6.07. The van der Waals surface area contributed by atoms with Crippen LogP contribution in [0.3, 0.4) is 0 Å². The van der Waals surface area contributed by atoms with Crippen LogP contribution in [0.15, 0.2) is 12.1 Å². The molecule has 5 heteroatoms. The van der Waals surface area contributed by atoms with Crippen LogP contribution in [0.1, 0.15) is 60.9 Å². The van der Waals surface area contributed by atoms with E-state index >= 15 is 0 Å². The molecular formula is C17H24O5. The molecule has 1 aliphatic rings. The van der Waals surface area contributed by atoms with Crippen LogP contribution in [0.2, 0.25) is 0 Å². The molecule has 0 saturated carbocycles. The van der Waals surface area contributed by atoms with E-state index in [9.17, 15) is 20.1 Å². The summed E-state index contributed by atoms with van der Waals surface area (Å²) in [6, 6.07) is 2.68. The van der Waals surface area contributed by atoms with Crippen molar-refractivity contribution in [1.29, 1.82) is 0 Å². The molecule has 0 saturated heterocycles. The maximum Gasteiger partial charge on any atom is 0.342 e. The number of aromatic hydroxyl groups is 2. The molecule has 1 aromatic carbocycles. The molecule has 0 fully saturated rings. The first kappa shape index (κ1) is 16.6. The molecule has 1 aromatic rings. The van der Waals surface area contributed by atoms with Crippen molar-refractivity contribution in [2.45, 2.75) is 57.5 Å². The Hall–Kier alpha value is -1.75. The van der Waals surface area contributed by atoms with E-state index in [1.54, 1.807) is 0 Å². The van der Waals surface area contributed by atoms with Crippen LogP contribution in [0.4, 0.5) is 0 Å². The third-order valence-electron chi connectivity index (χ3n) is 4.04. The Balaban J connectivity index is 2.16. The van der Waals surface area contributed by atoms with Crippen molar-refractivity contribution < 1.29 is 24.9 Å². The monoisotopic (exact) mass is 308 g/mol. The number of rotatable bonds is 0. The molecule has 1 heterocycles. The summed E-state index contributed by atoms with van der Waals surface area (Å²) < 4.78 is 5.21. The number of ether oxygens (including phenoxy) is 1. The highest BCUT2D eigenvalue weighted by Gasteiger charge is 2.19. The standard InChI is InChI=1S/C17H24O5/c18-13-7-3-1-2-6-12-10-14(19)11-15(20)16(12)17(21)22-9-5-4-8-13/h10-11,13,18-20H,1-9H2/t13-/m0/s1. The van der Waals surface area contributed by atoms with Gasteiger partial charge in [0.2, 0.25) is 0 Å².